The lowest BCUT2D eigenvalue weighted by atomic mass is 10.1. The molecule has 0 aromatic heterocycles. The summed E-state index contributed by atoms with van der Waals surface area (Å²) >= 11 is 0. The zero-order valence-corrected chi connectivity index (χ0v) is 15.2. The van der Waals surface area contributed by atoms with E-state index in [0.717, 1.165) is 11.8 Å². The molecule has 0 aliphatic rings. The third-order valence-corrected chi connectivity index (χ3v) is 3.95. The highest BCUT2D eigenvalue weighted by Crippen LogP contribution is 2.13. The number of esters is 1. The first-order chi connectivity index (χ1) is 12.2. The molecular formula is C19H19NO5S. The number of hydrogen-bond acceptors (Lipinski definition) is 5. The van der Waals surface area contributed by atoms with Crippen molar-refractivity contribution in [2.24, 2.45) is 0 Å². The maximum Gasteiger partial charge on any atom is 0.331 e. The standard InChI is InChI=1S/C19H19NO5S/c1-14(25-18(21)13-8-15-6-4-3-5-7-15)19(22)16-9-11-17(12-10-16)20-26(2,23)24/h3-14,20H,1-2H3/b13-8+/t14-/m1/s1. The van der Waals surface area contributed by atoms with Crippen molar-refractivity contribution in [1.82, 2.24) is 0 Å². The molecule has 1 N–H and O–H groups in total. The van der Waals surface area contributed by atoms with Crippen LogP contribution >= 0.6 is 0 Å². The molecule has 6 nitrogen and oxygen atoms in total. The monoisotopic (exact) mass is 373 g/mol. The van der Waals surface area contributed by atoms with Gasteiger partial charge in [-0.1, -0.05) is 30.3 Å². The average molecular weight is 373 g/mol. The third-order valence-electron chi connectivity index (χ3n) is 3.35. The summed E-state index contributed by atoms with van der Waals surface area (Å²) in [6.45, 7) is 1.49. The second kappa shape index (κ2) is 8.44. The molecule has 0 aliphatic carbocycles. The second-order valence-electron chi connectivity index (χ2n) is 5.64. The van der Waals surface area contributed by atoms with Gasteiger partial charge in [0.15, 0.2) is 6.10 Å². The van der Waals surface area contributed by atoms with E-state index in [1.807, 2.05) is 30.3 Å². The summed E-state index contributed by atoms with van der Waals surface area (Å²) in [5.74, 6) is -0.998. The number of rotatable bonds is 7. The topological polar surface area (TPSA) is 89.5 Å². The fourth-order valence-corrected chi connectivity index (χ4v) is 2.71. The van der Waals surface area contributed by atoms with Crippen LogP contribution in [-0.2, 0) is 19.6 Å². The van der Waals surface area contributed by atoms with Crippen molar-refractivity contribution in [3.8, 4) is 0 Å². The summed E-state index contributed by atoms with van der Waals surface area (Å²) in [4.78, 5) is 24.1. The van der Waals surface area contributed by atoms with Gasteiger partial charge in [-0.2, -0.15) is 0 Å². The van der Waals surface area contributed by atoms with Crippen LogP contribution in [0.1, 0.15) is 22.8 Å². The fraction of sp³-hybridized carbons (Fsp3) is 0.158. The van der Waals surface area contributed by atoms with Gasteiger partial charge in [-0.05, 0) is 42.8 Å². The van der Waals surface area contributed by atoms with Crippen molar-refractivity contribution in [2.45, 2.75) is 13.0 Å². The minimum absolute atomic E-state index is 0.316. The Morgan fingerprint density at radius 3 is 2.23 bits per heavy atom. The zero-order valence-electron chi connectivity index (χ0n) is 14.4. The van der Waals surface area contributed by atoms with E-state index in [1.165, 1.54) is 37.3 Å². The lowest BCUT2D eigenvalue weighted by molar-refractivity contribution is -0.140. The van der Waals surface area contributed by atoms with Crippen LogP contribution in [0.4, 0.5) is 5.69 Å². The Morgan fingerprint density at radius 2 is 1.65 bits per heavy atom. The van der Waals surface area contributed by atoms with Gasteiger partial charge in [-0.3, -0.25) is 9.52 Å². The maximum atomic E-state index is 12.3. The number of benzene rings is 2. The van der Waals surface area contributed by atoms with E-state index in [2.05, 4.69) is 4.72 Å². The van der Waals surface area contributed by atoms with Crippen molar-refractivity contribution >= 4 is 33.5 Å². The molecule has 0 amide bonds. The van der Waals surface area contributed by atoms with Crippen molar-refractivity contribution in [1.29, 1.82) is 0 Å². The van der Waals surface area contributed by atoms with Crippen LogP contribution in [0.5, 0.6) is 0 Å². The highest BCUT2D eigenvalue weighted by atomic mass is 32.2. The fourth-order valence-electron chi connectivity index (χ4n) is 2.15. The van der Waals surface area contributed by atoms with Crippen LogP contribution in [0.15, 0.2) is 60.7 Å². The number of carbonyl (C=O) groups excluding carboxylic acids is 2. The van der Waals surface area contributed by atoms with Gasteiger partial charge in [0, 0.05) is 17.3 Å². The summed E-state index contributed by atoms with van der Waals surface area (Å²) in [6, 6.07) is 15.1. The van der Waals surface area contributed by atoms with Gasteiger partial charge in [-0.15, -0.1) is 0 Å². The number of ketones is 1. The van der Waals surface area contributed by atoms with E-state index in [4.69, 9.17) is 4.74 Å². The zero-order chi connectivity index (χ0) is 19.2. The number of hydrogen-bond donors (Lipinski definition) is 1. The third kappa shape index (κ3) is 6.18. The maximum absolute atomic E-state index is 12.3. The molecule has 0 heterocycles. The first-order valence-corrected chi connectivity index (χ1v) is 9.69. The normalized spacial score (nSPS) is 12.5. The lowest BCUT2D eigenvalue weighted by Crippen LogP contribution is -2.23. The van der Waals surface area contributed by atoms with Crippen LogP contribution in [0, 0.1) is 0 Å². The molecule has 0 saturated heterocycles. The number of Topliss-reactive ketones (excluding diaryl/α,β-unsaturated/α-hetero) is 1. The van der Waals surface area contributed by atoms with E-state index < -0.39 is 22.1 Å². The molecule has 0 spiro atoms. The van der Waals surface area contributed by atoms with Crippen molar-refractivity contribution in [3.05, 3.63) is 71.8 Å². The molecule has 1 atom stereocenters. The highest BCUT2D eigenvalue weighted by molar-refractivity contribution is 7.92. The Hall–Kier alpha value is -2.93. The molecule has 0 saturated carbocycles. The van der Waals surface area contributed by atoms with Gasteiger partial charge in [0.05, 0.1) is 6.26 Å². The number of anilines is 1. The number of sulfonamides is 1. The number of ether oxygens (including phenoxy) is 1. The first kappa shape index (κ1) is 19.4. The Morgan fingerprint density at radius 1 is 1.04 bits per heavy atom. The molecular weight excluding hydrogens is 354 g/mol. The predicted molar refractivity (Wildman–Crippen MR) is 100 cm³/mol. The molecule has 0 fully saturated rings. The van der Waals surface area contributed by atoms with Gasteiger partial charge in [-0.25, -0.2) is 13.2 Å². The van der Waals surface area contributed by atoms with E-state index in [1.54, 1.807) is 6.08 Å². The van der Waals surface area contributed by atoms with Crippen molar-refractivity contribution in [2.75, 3.05) is 11.0 Å². The van der Waals surface area contributed by atoms with Gasteiger partial charge < -0.3 is 4.74 Å². The minimum atomic E-state index is -3.38. The summed E-state index contributed by atoms with van der Waals surface area (Å²) in [6.07, 6.45) is 2.94. The van der Waals surface area contributed by atoms with E-state index in [0.29, 0.717) is 11.3 Å². The molecule has 7 heteroatoms. The van der Waals surface area contributed by atoms with Gasteiger partial charge in [0.2, 0.25) is 15.8 Å². The molecule has 136 valence electrons. The van der Waals surface area contributed by atoms with Crippen LogP contribution < -0.4 is 4.72 Å². The first-order valence-electron chi connectivity index (χ1n) is 7.80. The van der Waals surface area contributed by atoms with E-state index >= 15 is 0 Å². The average Bonchev–Trinajstić information content (AvgIpc) is 2.59. The molecule has 2 rings (SSSR count). The minimum Gasteiger partial charge on any atom is -0.451 e. The molecule has 2 aromatic carbocycles. The van der Waals surface area contributed by atoms with Crippen molar-refractivity contribution in [3.63, 3.8) is 0 Å². The lowest BCUT2D eigenvalue weighted by Gasteiger charge is -2.11. The Bertz CT molecular complexity index is 903. The Labute approximate surface area is 152 Å². The van der Waals surface area contributed by atoms with E-state index in [-0.39, 0.29) is 5.78 Å². The molecule has 0 bridgehead atoms. The van der Waals surface area contributed by atoms with Crippen LogP contribution in [0.2, 0.25) is 0 Å². The van der Waals surface area contributed by atoms with Gasteiger partial charge >= 0.3 is 5.97 Å². The summed E-state index contributed by atoms with van der Waals surface area (Å²) < 4.78 is 29.8. The number of nitrogens with one attached hydrogen (secondary N) is 1. The predicted octanol–water partition coefficient (Wildman–Crippen LogP) is 2.89. The molecule has 2 aromatic rings. The summed E-state index contributed by atoms with van der Waals surface area (Å²) in [7, 11) is -3.38. The quantitative estimate of drug-likeness (QED) is 0.458. The molecule has 26 heavy (non-hydrogen) atoms. The molecule has 0 unspecified atom stereocenters. The van der Waals surface area contributed by atoms with Crippen LogP contribution in [-0.4, -0.2) is 32.5 Å². The van der Waals surface area contributed by atoms with Gasteiger partial charge in [0.25, 0.3) is 0 Å². The number of carbonyl (C=O) groups is 2. The Balaban J connectivity index is 1.96. The second-order valence-corrected chi connectivity index (χ2v) is 7.39. The highest BCUT2D eigenvalue weighted by Gasteiger charge is 2.18. The van der Waals surface area contributed by atoms with Crippen molar-refractivity contribution < 1.29 is 22.7 Å². The van der Waals surface area contributed by atoms with Crippen LogP contribution in [0.3, 0.4) is 0 Å². The SMILES string of the molecule is C[C@@H](OC(=O)/C=C/c1ccccc1)C(=O)c1ccc(NS(C)(=O)=O)cc1. The van der Waals surface area contributed by atoms with Crippen LogP contribution in [0.25, 0.3) is 6.08 Å². The van der Waals surface area contributed by atoms with Gasteiger partial charge in [0.1, 0.15) is 0 Å². The summed E-state index contributed by atoms with van der Waals surface area (Å²) in [5.41, 5.74) is 1.51. The smallest absolute Gasteiger partial charge is 0.331 e. The molecule has 0 aliphatic heterocycles. The molecule has 0 radical (unpaired) electrons. The largest absolute Gasteiger partial charge is 0.451 e. The van der Waals surface area contributed by atoms with E-state index in [9.17, 15) is 18.0 Å². The summed E-state index contributed by atoms with van der Waals surface area (Å²) in [5, 5.41) is 0. The Kier molecular flexibility index (Phi) is 6.30.